The summed E-state index contributed by atoms with van der Waals surface area (Å²) in [4.78, 5) is 3.80. The molecule has 0 unspecified atom stereocenters. The largest absolute Gasteiger partial charge is 0.573 e. The highest BCUT2D eigenvalue weighted by molar-refractivity contribution is 6.17. The summed E-state index contributed by atoms with van der Waals surface area (Å²) in [5, 5.41) is 0. The van der Waals surface area contributed by atoms with Crippen molar-refractivity contribution in [2.24, 2.45) is 0 Å². The molecule has 7 heteroatoms. The number of aromatic nitrogens is 1. The number of methoxy groups -OCH3 is 1. The summed E-state index contributed by atoms with van der Waals surface area (Å²) in [5.41, 5.74) is 0.329. The third-order valence-corrected chi connectivity index (χ3v) is 2.13. The minimum absolute atomic E-state index is 0.0770. The fraction of sp³-hybridized carbons (Fsp3) is 0.444. The molecule has 0 saturated heterocycles. The Morgan fingerprint density at radius 2 is 2.06 bits per heavy atom. The van der Waals surface area contributed by atoms with Gasteiger partial charge in [-0.25, -0.2) is 4.98 Å². The van der Waals surface area contributed by atoms with Gasteiger partial charge in [0.25, 0.3) is 0 Å². The summed E-state index contributed by atoms with van der Waals surface area (Å²) in [6.45, 7) is 1.42. The quantitative estimate of drug-likeness (QED) is 0.778. The molecule has 16 heavy (non-hydrogen) atoms. The molecule has 0 bridgehead atoms. The average molecular weight is 256 g/mol. The molecule has 3 nitrogen and oxygen atoms in total. The van der Waals surface area contributed by atoms with Crippen LogP contribution in [-0.2, 0) is 5.88 Å². The topological polar surface area (TPSA) is 31.4 Å². The van der Waals surface area contributed by atoms with Gasteiger partial charge < -0.3 is 9.47 Å². The van der Waals surface area contributed by atoms with E-state index in [9.17, 15) is 13.2 Å². The van der Waals surface area contributed by atoms with E-state index in [0.29, 0.717) is 0 Å². The van der Waals surface area contributed by atoms with Crippen LogP contribution in [-0.4, -0.2) is 18.5 Å². The van der Waals surface area contributed by atoms with Crippen LogP contribution >= 0.6 is 11.6 Å². The lowest BCUT2D eigenvalue weighted by molar-refractivity contribution is -0.275. The molecule has 0 amide bonds. The van der Waals surface area contributed by atoms with Crippen molar-refractivity contribution in [3.05, 3.63) is 17.3 Å². The number of ether oxygens (including phenoxy) is 2. The number of nitrogens with zero attached hydrogens (tertiary/aromatic N) is 1. The summed E-state index contributed by atoms with van der Waals surface area (Å²) in [6.07, 6.45) is -3.57. The first-order valence-electron chi connectivity index (χ1n) is 4.23. The van der Waals surface area contributed by atoms with E-state index in [4.69, 9.17) is 16.3 Å². The Morgan fingerprint density at radius 1 is 1.44 bits per heavy atom. The maximum absolute atomic E-state index is 12.1. The van der Waals surface area contributed by atoms with Gasteiger partial charge >= 0.3 is 6.36 Å². The molecule has 0 saturated carbocycles. The molecule has 0 aliphatic carbocycles. The molecule has 0 atom stereocenters. The van der Waals surface area contributed by atoms with Gasteiger partial charge in [0.05, 0.1) is 18.6 Å². The Labute approximate surface area is 95.1 Å². The minimum atomic E-state index is -4.77. The van der Waals surface area contributed by atoms with E-state index in [1.54, 1.807) is 0 Å². The van der Waals surface area contributed by atoms with Gasteiger partial charge in [0, 0.05) is 11.8 Å². The van der Waals surface area contributed by atoms with Crippen LogP contribution in [0.2, 0.25) is 0 Å². The lowest BCUT2D eigenvalue weighted by Crippen LogP contribution is -2.19. The molecule has 0 radical (unpaired) electrons. The van der Waals surface area contributed by atoms with Gasteiger partial charge in [-0.15, -0.1) is 24.8 Å². The van der Waals surface area contributed by atoms with Crippen molar-refractivity contribution in [3.8, 4) is 11.6 Å². The van der Waals surface area contributed by atoms with Crippen LogP contribution in [0.3, 0.4) is 0 Å². The number of halogens is 4. The molecule has 1 aromatic heterocycles. The minimum Gasteiger partial charge on any atom is -0.481 e. The van der Waals surface area contributed by atoms with E-state index in [-0.39, 0.29) is 28.6 Å². The van der Waals surface area contributed by atoms with Crippen molar-refractivity contribution < 1.29 is 22.6 Å². The van der Waals surface area contributed by atoms with Crippen molar-refractivity contribution >= 4 is 11.6 Å². The zero-order chi connectivity index (χ0) is 12.3. The van der Waals surface area contributed by atoms with Gasteiger partial charge in [-0.2, -0.15) is 0 Å². The van der Waals surface area contributed by atoms with E-state index in [1.165, 1.54) is 20.2 Å². The third-order valence-electron chi connectivity index (χ3n) is 1.85. The van der Waals surface area contributed by atoms with Crippen LogP contribution in [0.4, 0.5) is 13.2 Å². The van der Waals surface area contributed by atoms with Crippen molar-refractivity contribution in [2.75, 3.05) is 7.11 Å². The second-order valence-corrected chi connectivity index (χ2v) is 3.20. The molecule has 90 valence electrons. The fourth-order valence-corrected chi connectivity index (χ4v) is 1.38. The number of hydrogen-bond acceptors (Lipinski definition) is 3. The Kier molecular flexibility index (Phi) is 3.85. The zero-order valence-corrected chi connectivity index (χ0v) is 9.32. The van der Waals surface area contributed by atoms with E-state index in [0.717, 1.165) is 0 Å². The van der Waals surface area contributed by atoms with Gasteiger partial charge in [0.1, 0.15) is 5.75 Å². The number of hydrogen-bond donors (Lipinski definition) is 0. The predicted octanol–water partition coefficient (Wildman–Crippen LogP) is 3.04. The summed E-state index contributed by atoms with van der Waals surface area (Å²) in [7, 11) is 1.31. The SMILES string of the molecule is COc1ncc(CCl)c(OC(F)(F)F)c1C. The molecule has 0 aromatic carbocycles. The normalized spacial score (nSPS) is 11.4. The van der Waals surface area contributed by atoms with Crippen molar-refractivity contribution in [1.29, 1.82) is 0 Å². The van der Waals surface area contributed by atoms with Crippen LogP contribution in [0.15, 0.2) is 6.20 Å². The molecular weight excluding hydrogens is 247 g/mol. The molecule has 0 N–H and O–H groups in total. The number of rotatable bonds is 3. The van der Waals surface area contributed by atoms with E-state index >= 15 is 0 Å². The van der Waals surface area contributed by atoms with Crippen molar-refractivity contribution in [2.45, 2.75) is 19.2 Å². The van der Waals surface area contributed by atoms with Gasteiger partial charge in [-0.1, -0.05) is 0 Å². The van der Waals surface area contributed by atoms with Gasteiger partial charge in [-0.05, 0) is 6.92 Å². The second-order valence-electron chi connectivity index (χ2n) is 2.93. The predicted molar refractivity (Wildman–Crippen MR) is 51.8 cm³/mol. The second kappa shape index (κ2) is 4.78. The molecule has 0 fully saturated rings. The van der Waals surface area contributed by atoms with Crippen LogP contribution in [0.25, 0.3) is 0 Å². The van der Waals surface area contributed by atoms with Crippen molar-refractivity contribution in [1.82, 2.24) is 4.98 Å². The van der Waals surface area contributed by atoms with Crippen LogP contribution in [0, 0.1) is 6.92 Å². The number of alkyl halides is 4. The highest BCUT2D eigenvalue weighted by Gasteiger charge is 2.33. The Balaban J connectivity index is 3.21. The lowest BCUT2D eigenvalue weighted by atomic mass is 10.2. The Morgan fingerprint density at radius 3 is 2.50 bits per heavy atom. The van der Waals surface area contributed by atoms with E-state index in [1.807, 2.05) is 0 Å². The number of pyridine rings is 1. The first-order valence-corrected chi connectivity index (χ1v) is 4.76. The van der Waals surface area contributed by atoms with E-state index < -0.39 is 6.36 Å². The van der Waals surface area contributed by atoms with Crippen LogP contribution < -0.4 is 9.47 Å². The van der Waals surface area contributed by atoms with Gasteiger partial charge in [0.2, 0.25) is 5.88 Å². The van der Waals surface area contributed by atoms with Gasteiger partial charge in [-0.3, -0.25) is 0 Å². The molecule has 1 aromatic rings. The molecular formula is C9H9ClF3NO2. The Hall–Kier alpha value is -1.17. The first-order chi connectivity index (χ1) is 7.39. The zero-order valence-electron chi connectivity index (χ0n) is 8.56. The smallest absolute Gasteiger partial charge is 0.481 e. The molecule has 0 aliphatic heterocycles. The Bertz CT molecular complexity index is 382. The van der Waals surface area contributed by atoms with Crippen molar-refractivity contribution in [3.63, 3.8) is 0 Å². The average Bonchev–Trinajstić information content (AvgIpc) is 2.19. The summed E-state index contributed by atoms with van der Waals surface area (Å²) >= 11 is 5.50. The van der Waals surface area contributed by atoms with E-state index in [2.05, 4.69) is 9.72 Å². The molecule has 1 heterocycles. The maximum atomic E-state index is 12.1. The van der Waals surface area contributed by atoms with Crippen LogP contribution in [0.5, 0.6) is 11.6 Å². The maximum Gasteiger partial charge on any atom is 0.573 e. The summed E-state index contributed by atoms with van der Waals surface area (Å²) in [5.74, 6) is -0.397. The molecule has 1 rings (SSSR count). The first kappa shape index (κ1) is 12.9. The molecule has 0 aliphatic rings. The highest BCUT2D eigenvalue weighted by Crippen LogP contribution is 2.34. The lowest BCUT2D eigenvalue weighted by Gasteiger charge is -2.15. The summed E-state index contributed by atoms with van der Waals surface area (Å²) < 4.78 is 45.1. The third kappa shape index (κ3) is 2.91. The molecule has 0 spiro atoms. The standard InChI is InChI=1S/C9H9ClF3NO2/c1-5-7(16-9(11,12)13)6(3-10)4-14-8(5)15-2/h4H,3H2,1-2H3. The monoisotopic (exact) mass is 255 g/mol. The van der Waals surface area contributed by atoms with Crippen LogP contribution in [0.1, 0.15) is 11.1 Å². The summed E-state index contributed by atoms with van der Waals surface area (Å²) in [6, 6.07) is 0. The fourth-order valence-electron chi connectivity index (χ4n) is 1.19. The van der Waals surface area contributed by atoms with Gasteiger partial charge in [0.15, 0.2) is 0 Å². The highest BCUT2D eigenvalue weighted by atomic mass is 35.5.